The highest BCUT2D eigenvalue weighted by molar-refractivity contribution is 7.91. The van der Waals surface area contributed by atoms with Gasteiger partial charge in [-0.3, -0.25) is 4.79 Å². The molecular weight excluding hydrogens is 456 g/mol. The minimum absolute atomic E-state index is 0.0166. The first-order chi connectivity index (χ1) is 14.6. The molecule has 10 heteroatoms. The Bertz CT molecular complexity index is 1150. The predicted octanol–water partition coefficient (Wildman–Crippen LogP) is 2.40. The zero-order chi connectivity index (χ0) is 22.3. The van der Waals surface area contributed by atoms with Crippen LogP contribution in [0.1, 0.15) is 24.8 Å². The molecule has 2 aliphatic rings. The number of rotatable bonds is 5. The van der Waals surface area contributed by atoms with Gasteiger partial charge >= 0.3 is 0 Å². The van der Waals surface area contributed by atoms with Crippen LogP contribution < -0.4 is 0 Å². The summed E-state index contributed by atoms with van der Waals surface area (Å²) in [7, 11) is -6.67. The van der Waals surface area contributed by atoms with Crippen LogP contribution in [0.5, 0.6) is 0 Å². The Morgan fingerprint density at radius 3 is 2.23 bits per heavy atom. The van der Waals surface area contributed by atoms with Crippen molar-refractivity contribution in [3.05, 3.63) is 47.3 Å². The van der Waals surface area contributed by atoms with Crippen molar-refractivity contribution >= 4 is 37.1 Å². The minimum Gasteiger partial charge on any atom is -0.342 e. The van der Waals surface area contributed by atoms with Crippen molar-refractivity contribution in [2.24, 2.45) is 5.41 Å². The van der Waals surface area contributed by atoms with Crippen LogP contribution in [0.15, 0.2) is 50.9 Å². The highest BCUT2D eigenvalue weighted by Gasteiger charge is 2.44. The van der Waals surface area contributed by atoms with Crippen LogP contribution in [0.4, 0.5) is 0 Å². The monoisotopic (exact) mass is 482 g/mol. The van der Waals surface area contributed by atoms with Gasteiger partial charge in [0.2, 0.25) is 5.91 Å². The molecule has 0 bridgehead atoms. The lowest BCUT2D eigenvalue weighted by Crippen LogP contribution is -2.44. The molecule has 3 heterocycles. The van der Waals surface area contributed by atoms with Crippen molar-refractivity contribution in [3.8, 4) is 0 Å². The normalized spacial score (nSPS) is 19.7. The van der Waals surface area contributed by atoms with Crippen LogP contribution in [0.25, 0.3) is 0 Å². The van der Waals surface area contributed by atoms with Gasteiger partial charge < -0.3 is 4.90 Å². The molecule has 0 aliphatic carbocycles. The van der Waals surface area contributed by atoms with Gasteiger partial charge in [0.1, 0.15) is 4.21 Å². The maximum atomic E-state index is 12.8. The number of nitrogens with zero attached hydrogens (tertiary/aromatic N) is 2. The number of amides is 1. The van der Waals surface area contributed by atoms with Gasteiger partial charge in [-0.2, -0.15) is 4.31 Å². The third-order valence-corrected chi connectivity index (χ3v) is 10.8. The van der Waals surface area contributed by atoms with E-state index in [9.17, 15) is 21.6 Å². The van der Waals surface area contributed by atoms with Crippen molar-refractivity contribution in [2.75, 3.05) is 32.4 Å². The van der Waals surface area contributed by atoms with Crippen molar-refractivity contribution in [3.63, 3.8) is 0 Å². The lowest BCUT2D eigenvalue weighted by molar-refractivity contribution is -0.130. The molecule has 2 aromatic rings. The van der Waals surface area contributed by atoms with Gasteiger partial charge in [0.25, 0.3) is 10.0 Å². The summed E-state index contributed by atoms with van der Waals surface area (Å²) in [6.45, 7) is 2.29. The Labute approximate surface area is 187 Å². The number of likely N-dealkylation sites (tertiary alicyclic amines) is 1. The van der Waals surface area contributed by atoms with Gasteiger partial charge in [-0.1, -0.05) is 18.2 Å². The van der Waals surface area contributed by atoms with Crippen LogP contribution in [0, 0.1) is 5.41 Å². The van der Waals surface area contributed by atoms with E-state index < -0.39 is 19.9 Å². The Morgan fingerprint density at radius 1 is 1.00 bits per heavy atom. The van der Waals surface area contributed by atoms with Gasteiger partial charge in [0.05, 0.1) is 11.3 Å². The maximum Gasteiger partial charge on any atom is 0.252 e. The molecule has 1 aromatic carbocycles. The standard InChI is InChI=1S/C21H26N2O5S3/c1-30(25,26)18-6-4-17(5-7-18)15-19(24)22-11-8-21(16-22)9-12-23(13-10-21)31(27,28)20-3-2-14-29-20/h2-7,14H,8-13,15-16H2,1H3. The largest absolute Gasteiger partial charge is 0.342 e. The predicted molar refractivity (Wildman–Crippen MR) is 119 cm³/mol. The zero-order valence-corrected chi connectivity index (χ0v) is 19.8. The number of carbonyl (C=O) groups excluding carboxylic acids is 1. The SMILES string of the molecule is CS(=O)(=O)c1ccc(CC(=O)N2CCC3(CCN(S(=O)(=O)c4cccs4)CC3)C2)cc1. The maximum absolute atomic E-state index is 12.8. The lowest BCUT2D eigenvalue weighted by atomic mass is 9.78. The molecule has 7 nitrogen and oxygen atoms in total. The van der Waals surface area contributed by atoms with Gasteiger partial charge in [-0.25, -0.2) is 16.8 Å². The van der Waals surface area contributed by atoms with E-state index >= 15 is 0 Å². The van der Waals surface area contributed by atoms with Crippen molar-refractivity contribution in [2.45, 2.75) is 34.8 Å². The molecule has 168 valence electrons. The van der Waals surface area contributed by atoms with E-state index in [2.05, 4.69) is 0 Å². The van der Waals surface area contributed by atoms with Crippen LogP contribution >= 0.6 is 11.3 Å². The third kappa shape index (κ3) is 4.72. The fraction of sp³-hybridized carbons (Fsp3) is 0.476. The average Bonchev–Trinajstić information content (AvgIpc) is 3.39. The average molecular weight is 483 g/mol. The smallest absolute Gasteiger partial charge is 0.252 e. The van der Waals surface area contributed by atoms with Crippen LogP contribution in [-0.2, 0) is 31.1 Å². The minimum atomic E-state index is -3.42. The number of thiophene rings is 1. The summed E-state index contributed by atoms with van der Waals surface area (Å²) in [5.74, 6) is 0.0256. The van der Waals surface area contributed by atoms with Gasteiger partial charge in [-0.05, 0) is 53.8 Å². The molecule has 31 heavy (non-hydrogen) atoms. The number of sulfone groups is 1. The summed E-state index contributed by atoms with van der Waals surface area (Å²) < 4.78 is 50.6. The van der Waals surface area contributed by atoms with Gasteiger partial charge in [-0.15, -0.1) is 11.3 Å². The molecule has 4 rings (SSSR count). The Kier molecular flexibility index (Phi) is 6.01. The molecule has 1 amide bonds. The second-order valence-electron chi connectivity index (χ2n) is 8.49. The molecule has 2 fully saturated rings. The summed E-state index contributed by atoms with van der Waals surface area (Å²) in [4.78, 5) is 14.9. The van der Waals surface area contributed by atoms with Gasteiger partial charge in [0, 0.05) is 32.4 Å². The van der Waals surface area contributed by atoms with E-state index in [1.807, 2.05) is 4.90 Å². The number of hydrogen-bond acceptors (Lipinski definition) is 6. The lowest BCUT2D eigenvalue weighted by Gasteiger charge is -2.38. The first kappa shape index (κ1) is 22.4. The van der Waals surface area contributed by atoms with Crippen molar-refractivity contribution < 1.29 is 21.6 Å². The Hall–Kier alpha value is -1.75. The van der Waals surface area contributed by atoms with Crippen molar-refractivity contribution in [1.29, 1.82) is 0 Å². The van der Waals surface area contributed by atoms with Crippen LogP contribution in [-0.4, -0.2) is 64.4 Å². The fourth-order valence-electron chi connectivity index (χ4n) is 4.44. The molecule has 0 atom stereocenters. The second-order valence-corrected chi connectivity index (χ2v) is 13.6. The first-order valence-electron chi connectivity index (χ1n) is 10.2. The molecular formula is C21H26N2O5S3. The summed E-state index contributed by atoms with van der Waals surface area (Å²) in [6.07, 6.45) is 3.79. The number of carbonyl (C=O) groups is 1. The molecule has 2 aliphatic heterocycles. The number of hydrogen-bond donors (Lipinski definition) is 0. The Balaban J connectivity index is 1.35. The molecule has 1 spiro atoms. The van der Waals surface area contributed by atoms with E-state index in [1.165, 1.54) is 23.5 Å². The zero-order valence-electron chi connectivity index (χ0n) is 17.4. The summed E-state index contributed by atoms with van der Waals surface area (Å²) >= 11 is 1.24. The Morgan fingerprint density at radius 2 is 1.65 bits per heavy atom. The molecule has 0 N–H and O–H groups in total. The van der Waals surface area contributed by atoms with E-state index in [4.69, 9.17) is 0 Å². The fourth-order valence-corrected chi connectivity index (χ4v) is 7.65. The number of sulfonamides is 1. The first-order valence-corrected chi connectivity index (χ1v) is 14.4. The highest BCUT2D eigenvalue weighted by atomic mass is 32.2. The summed E-state index contributed by atoms with van der Waals surface area (Å²) in [5.41, 5.74) is 0.771. The third-order valence-electron chi connectivity index (χ3n) is 6.37. The van der Waals surface area contributed by atoms with E-state index in [0.29, 0.717) is 30.4 Å². The van der Waals surface area contributed by atoms with Crippen LogP contribution in [0.3, 0.4) is 0 Å². The number of piperidine rings is 1. The second kappa shape index (κ2) is 8.31. The summed E-state index contributed by atoms with van der Waals surface area (Å²) in [6, 6.07) is 9.84. The topological polar surface area (TPSA) is 91.8 Å². The van der Waals surface area contributed by atoms with E-state index in [1.54, 1.807) is 34.0 Å². The molecule has 0 radical (unpaired) electrons. The van der Waals surface area contributed by atoms with Crippen molar-refractivity contribution in [1.82, 2.24) is 9.21 Å². The molecule has 1 aromatic heterocycles. The number of benzene rings is 1. The van der Waals surface area contributed by atoms with Gasteiger partial charge in [0.15, 0.2) is 9.84 Å². The molecule has 0 unspecified atom stereocenters. The van der Waals surface area contributed by atoms with E-state index in [-0.39, 0.29) is 22.6 Å². The highest BCUT2D eigenvalue weighted by Crippen LogP contribution is 2.41. The quantitative estimate of drug-likeness (QED) is 0.653. The summed E-state index contributed by atoms with van der Waals surface area (Å²) in [5, 5.41) is 1.77. The molecule has 2 saturated heterocycles. The van der Waals surface area contributed by atoms with E-state index in [0.717, 1.165) is 31.1 Å². The van der Waals surface area contributed by atoms with Crippen LogP contribution in [0.2, 0.25) is 0 Å². The molecule has 0 saturated carbocycles.